The summed E-state index contributed by atoms with van der Waals surface area (Å²) in [6.45, 7) is 13.3. The average Bonchev–Trinajstić information content (AvgIpc) is 3.15. The minimum Gasteiger partial charge on any atom is -0.507 e. The third kappa shape index (κ3) is 8.48. The summed E-state index contributed by atoms with van der Waals surface area (Å²) in [5, 5.41) is 19.9. The van der Waals surface area contributed by atoms with Gasteiger partial charge in [-0.2, -0.15) is 0 Å². The van der Waals surface area contributed by atoms with Crippen molar-refractivity contribution in [2.75, 3.05) is 4.90 Å². The zero-order valence-electron chi connectivity index (χ0n) is 31.1. The predicted molar refractivity (Wildman–Crippen MR) is 218 cm³/mol. The van der Waals surface area contributed by atoms with Crippen molar-refractivity contribution >= 4 is 34.6 Å². The van der Waals surface area contributed by atoms with Gasteiger partial charge < -0.3 is 15.1 Å². The van der Waals surface area contributed by atoms with Crippen LogP contribution in [0.1, 0.15) is 78.9 Å². The van der Waals surface area contributed by atoms with Gasteiger partial charge in [-0.15, -0.1) is 0 Å². The predicted octanol–water partition coefficient (Wildman–Crippen LogP) is 12.6. The molecule has 0 atom stereocenters. The van der Waals surface area contributed by atoms with Crippen molar-refractivity contribution in [3.63, 3.8) is 0 Å². The van der Waals surface area contributed by atoms with Gasteiger partial charge in [0.2, 0.25) is 0 Å². The van der Waals surface area contributed by atoms with Gasteiger partial charge in [0.25, 0.3) is 0 Å². The number of ketones is 1. The third-order valence-electron chi connectivity index (χ3n) is 9.52. The molecule has 0 aliphatic rings. The Hall–Kier alpha value is -6.20. The highest BCUT2D eigenvalue weighted by atomic mass is 16.4. The van der Waals surface area contributed by atoms with Gasteiger partial charge in [-0.3, -0.25) is 4.79 Å². The Morgan fingerprint density at radius 3 is 1.08 bits per heavy atom. The van der Waals surface area contributed by atoms with Crippen LogP contribution < -0.4 is 4.90 Å². The maximum Gasteiger partial charge on any atom is 0.335 e. The molecule has 0 heterocycles. The number of carboxylic acids is 1. The van der Waals surface area contributed by atoms with Crippen LogP contribution in [-0.4, -0.2) is 22.0 Å². The van der Waals surface area contributed by atoms with E-state index in [1.54, 1.807) is 48.5 Å². The summed E-state index contributed by atoms with van der Waals surface area (Å²) in [6, 6.07) is 47.1. The minimum atomic E-state index is -0.977. The molecular weight excluding hydrogens is 655 g/mol. The van der Waals surface area contributed by atoms with Crippen molar-refractivity contribution in [2.24, 2.45) is 0 Å². The monoisotopic (exact) mass is 699 g/mol. The SMILES string of the molecule is CC(C)(C)c1ccc(N(c2ccc(-c3ccc(C(=O)/C=C(\O)c4ccc(-c5ccc(C(=O)O)cc5)cc4)cc3)cc2)c2ccc(C(C)(C)C)cc2)cc1. The third-order valence-corrected chi connectivity index (χ3v) is 9.52. The Morgan fingerprint density at radius 2 is 0.736 bits per heavy atom. The lowest BCUT2D eigenvalue weighted by Gasteiger charge is -2.28. The minimum absolute atomic E-state index is 0.0602. The molecule has 5 nitrogen and oxygen atoms in total. The van der Waals surface area contributed by atoms with Crippen LogP contribution >= 0.6 is 0 Å². The smallest absolute Gasteiger partial charge is 0.335 e. The highest BCUT2D eigenvalue weighted by molar-refractivity contribution is 6.08. The van der Waals surface area contributed by atoms with Crippen molar-refractivity contribution in [3.05, 3.63) is 179 Å². The van der Waals surface area contributed by atoms with Gasteiger partial charge in [0.1, 0.15) is 5.76 Å². The van der Waals surface area contributed by atoms with Crippen LogP contribution in [0.25, 0.3) is 28.0 Å². The van der Waals surface area contributed by atoms with E-state index in [2.05, 4.69) is 119 Å². The molecule has 5 heteroatoms. The number of aliphatic hydroxyl groups excluding tert-OH is 1. The lowest BCUT2D eigenvalue weighted by atomic mass is 9.86. The van der Waals surface area contributed by atoms with E-state index < -0.39 is 5.97 Å². The molecule has 53 heavy (non-hydrogen) atoms. The van der Waals surface area contributed by atoms with Crippen LogP contribution in [0.5, 0.6) is 0 Å². The molecule has 0 radical (unpaired) electrons. The molecule has 0 saturated heterocycles. The molecular formula is C48H45NO4. The number of carboxylic acid groups (broad SMARTS) is 1. The lowest BCUT2D eigenvalue weighted by molar-refractivity contribution is 0.0696. The average molecular weight is 700 g/mol. The molecule has 6 aromatic rings. The van der Waals surface area contributed by atoms with E-state index in [0.717, 1.165) is 39.3 Å². The number of carbonyl (C=O) groups is 2. The fourth-order valence-corrected chi connectivity index (χ4v) is 6.23. The molecule has 0 saturated carbocycles. The Labute approximate surface area is 312 Å². The fourth-order valence-electron chi connectivity index (χ4n) is 6.23. The molecule has 0 unspecified atom stereocenters. The topological polar surface area (TPSA) is 77.8 Å². The second kappa shape index (κ2) is 14.8. The number of nitrogens with zero attached hydrogens (tertiary/aromatic N) is 1. The van der Waals surface area contributed by atoms with Crippen molar-refractivity contribution in [1.82, 2.24) is 0 Å². The maximum absolute atomic E-state index is 13.1. The summed E-state index contributed by atoms with van der Waals surface area (Å²) >= 11 is 0. The van der Waals surface area contributed by atoms with E-state index in [1.807, 2.05) is 24.3 Å². The first-order valence-electron chi connectivity index (χ1n) is 17.8. The molecule has 2 N–H and O–H groups in total. The molecule has 0 aromatic heterocycles. The number of carbonyl (C=O) groups excluding carboxylic acids is 1. The van der Waals surface area contributed by atoms with Crippen LogP contribution in [0.15, 0.2) is 152 Å². The molecule has 0 aliphatic heterocycles. The Morgan fingerprint density at radius 1 is 0.434 bits per heavy atom. The number of aromatic carboxylic acids is 1. The Kier molecular flexibility index (Phi) is 10.2. The zero-order valence-corrected chi connectivity index (χ0v) is 31.1. The molecule has 0 aliphatic carbocycles. The number of allylic oxidation sites excluding steroid dienone is 1. The van der Waals surface area contributed by atoms with E-state index in [1.165, 1.54) is 17.2 Å². The quantitative estimate of drug-likeness (QED) is 0.0892. The van der Waals surface area contributed by atoms with E-state index in [-0.39, 0.29) is 27.9 Å². The molecule has 266 valence electrons. The highest BCUT2D eigenvalue weighted by Gasteiger charge is 2.19. The van der Waals surface area contributed by atoms with Gasteiger partial charge in [0.15, 0.2) is 5.78 Å². The van der Waals surface area contributed by atoms with Crippen LogP contribution in [0.3, 0.4) is 0 Å². The van der Waals surface area contributed by atoms with Gasteiger partial charge in [0, 0.05) is 34.3 Å². The Bertz CT molecular complexity index is 2180. The number of hydrogen-bond acceptors (Lipinski definition) is 4. The normalized spacial score (nSPS) is 12.0. The summed E-state index contributed by atoms with van der Waals surface area (Å²) in [6.07, 6.45) is 1.23. The number of benzene rings is 6. The molecule has 0 spiro atoms. The maximum atomic E-state index is 13.1. The van der Waals surface area contributed by atoms with Crippen LogP contribution in [0, 0.1) is 0 Å². The zero-order chi connectivity index (χ0) is 37.9. The van der Waals surface area contributed by atoms with Gasteiger partial charge in [0.05, 0.1) is 5.56 Å². The second-order valence-corrected chi connectivity index (χ2v) is 15.4. The van der Waals surface area contributed by atoms with Crippen molar-refractivity contribution in [1.29, 1.82) is 0 Å². The standard InChI is InChI=1S/C48H45NO4/c1-47(2,3)39-21-27-42(28-22-39)49(43-29-23-40(24-30-43)48(4,5)6)41-25-19-35(20-26-41)33-9-15-37(16-10-33)45(51)31-44(50)36-13-7-32(8-14-36)34-11-17-38(18-12-34)46(52)53/h7-31,50H,1-6H3,(H,52,53)/b44-31-. The van der Waals surface area contributed by atoms with Crippen LogP contribution in [0.2, 0.25) is 0 Å². The summed E-state index contributed by atoms with van der Waals surface area (Å²) in [4.78, 5) is 26.5. The van der Waals surface area contributed by atoms with E-state index in [9.17, 15) is 14.7 Å². The lowest BCUT2D eigenvalue weighted by Crippen LogP contribution is -2.14. The highest BCUT2D eigenvalue weighted by Crippen LogP contribution is 2.38. The summed E-state index contributed by atoms with van der Waals surface area (Å²) < 4.78 is 0. The number of anilines is 3. The number of hydrogen-bond donors (Lipinski definition) is 2. The van der Waals surface area contributed by atoms with Crippen molar-refractivity contribution in [3.8, 4) is 22.3 Å². The first-order valence-corrected chi connectivity index (χ1v) is 17.8. The van der Waals surface area contributed by atoms with Gasteiger partial charge in [-0.25, -0.2) is 4.79 Å². The van der Waals surface area contributed by atoms with Crippen LogP contribution in [-0.2, 0) is 10.8 Å². The summed E-state index contributed by atoms with van der Waals surface area (Å²) in [7, 11) is 0. The first kappa shape index (κ1) is 36.6. The van der Waals surface area contributed by atoms with Gasteiger partial charge in [-0.1, -0.05) is 139 Å². The fraction of sp³-hybridized carbons (Fsp3) is 0.167. The Balaban J connectivity index is 1.19. The molecule has 0 fully saturated rings. The largest absolute Gasteiger partial charge is 0.507 e. The van der Waals surface area contributed by atoms with Crippen molar-refractivity contribution < 1.29 is 19.8 Å². The number of rotatable bonds is 9. The summed E-state index contributed by atoms with van der Waals surface area (Å²) in [5.74, 6) is -1.41. The van der Waals surface area contributed by atoms with Crippen LogP contribution in [0.4, 0.5) is 17.1 Å². The van der Waals surface area contributed by atoms with Gasteiger partial charge in [-0.05, 0) is 92.7 Å². The first-order chi connectivity index (χ1) is 25.2. The van der Waals surface area contributed by atoms with E-state index >= 15 is 0 Å². The molecule has 6 rings (SSSR count). The molecule has 0 bridgehead atoms. The second-order valence-electron chi connectivity index (χ2n) is 15.4. The molecule has 6 aromatic carbocycles. The van der Waals surface area contributed by atoms with E-state index in [0.29, 0.717) is 11.1 Å². The van der Waals surface area contributed by atoms with Gasteiger partial charge >= 0.3 is 5.97 Å². The number of aliphatic hydroxyl groups is 1. The van der Waals surface area contributed by atoms with Crippen molar-refractivity contribution in [2.45, 2.75) is 52.4 Å². The summed E-state index contributed by atoms with van der Waals surface area (Å²) in [5.41, 5.74) is 10.8. The van der Waals surface area contributed by atoms with E-state index in [4.69, 9.17) is 5.11 Å². The molecule has 0 amide bonds.